The molecular weight excluding hydrogens is 358 g/mol. The van der Waals surface area contributed by atoms with Crippen molar-refractivity contribution >= 4 is 23.5 Å². The van der Waals surface area contributed by atoms with Crippen LogP contribution < -0.4 is 5.32 Å². The summed E-state index contributed by atoms with van der Waals surface area (Å²) in [6, 6.07) is 9.55. The number of methoxy groups -OCH3 is 1. The molecule has 1 aromatic carbocycles. The van der Waals surface area contributed by atoms with Crippen molar-refractivity contribution in [3.8, 4) is 0 Å². The first-order valence-corrected chi connectivity index (χ1v) is 9.23. The standard InChI is InChI=1S/C21H23N3O4/c1-14-5-4-10-24(13-14)20(26)15-8-9-22-18(12-15)19(25)23-17-7-3-6-16(11-17)21(27)28-2/h3,6-9,11-12,14H,4-5,10,13H2,1-2H3,(H,23,25). The van der Waals surface area contributed by atoms with Crippen molar-refractivity contribution in [2.75, 3.05) is 25.5 Å². The molecule has 1 N–H and O–H groups in total. The van der Waals surface area contributed by atoms with Crippen LogP contribution in [0.1, 0.15) is 51.0 Å². The second-order valence-corrected chi connectivity index (χ2v) is 6.95. The first-order chi connectivity index (χ1) is 13.5. The minimum absolute atomic E-state index is 0.0873. The van der Waals surface area contributed by atoms with Crippen molar-refractivity contribution in [1.82, 2.24) is 9.88 Å². The second-order valence-electron chi connectivity index (χ2n) is 6.95. The Morgan fingerprint density at radius 3 is 2.75 bits per heavy atom. The topological polar surface area (TPSA) is 88.6 Å². The number of nitrogens with one attached hydrogen (secondary N) is 1. The maximum atomic E-state index is 12.7. The van der Waals surface area contributed by atoms with Crippen LogP contribution in [0.2, 0.25) is 0 Å². The maximum Gasteiger partial charge on any atom is 0.337 e. The van der Waals surface area contributed by atoms with Gasteiger partial charge in [0.15, 0.2) is 0 Å². The number of ether oxygens (including phenoxy) is 1. The van der Waals surface area contributed by atoms with Gasteiger partial charge in [0.1, 0.15) is 5.69 Å². The molecule has 7 heteroatoms. The average Bonchev–Trinajstić information content (AvgIpc) is 2.73. The fourth-order valence-electron chi connectivity index (χ4n) is 3.28. The Hall–Kier alpha value is -3.22. The number of benzene rings is 1. The zero-order valence-electron chi connectivity index (χ0n) is 16.0. The summed E-state index contributed by atoms with van der Waals surface area (Å²) in [4.78, 5) is 42.8. The normalized spacial score (nSPS) is 16.4. The highest BCUT2D eigenvalue weighted by Gasteiger charge is 2.23. The lowest BCUT2D eigenvalue weighted by Gasteiger charge is -2.31. The molecule has 0 radical (unpaired) electrons. The quantitative estimate of drug-likeness (QED) is 0.823. The minimum Gasteiger partial charge on any atom is -0.465 e. The van der Waals surface area contributed by atoms with E-state index < -0.39 is 11.9 Å². The zero-order valence-corrected chi connectivity index (χ0v) is 16.0. The number of hydrogen-bond donors (Lipinski definition) is 1. The number of carbonyl (C=O) groups is 3. The summed E-state index contributed by atoms with van der Waals surface area (Å²) < 4.78 is 4.68. The molecule has 0 bridgehead atoms. The molecule has 1 saturated heterocycles. The molecule has 0 saturated carbocycles. The van der Waals surface area contributed by atoms with E-state index in [4.69, 9.17) is 0 Å². The van der Waals surface area contributed by atoms with E-state index >= 15 is 0 Å². The van der Waals surface area contributed by atoms with Crippen LogP contribution in [0.3, 0.4) is 0 Å². The van der Waals surface area contributed by atoms with Gasteiger partial charge in [-0.25, -0.2) is 4.79 Å². The van der Waals surface area contributed by atoms with Gasteiger partial charge in [-0.05, 0) is 49.1 Å². The molecule has 2 aromatic rings. The molecule has 1 fully saturated rings. The van der Waals surface area contributed by atoms with E-state index in [1.54, 1.807) is 24.3 Å². The lowest BCUT2D eigenvalue weighted by atomic mass is 9.99. The Morgan fingerprint density at radius 2 is 2.00 bits per heavy atom. The molecule has 146 valence electrons. The Bertz CT molecular complexity index is 897. The Labute approximate surface area is 163 Å². The van der Waals surface area contributed by atoms with Crippen LogP contribution in [0.25, 0.3) is 0 Å². The van der Waals surface area contributed by atoms with Crippen molar-refractivity contribution < 1.29 is 19.1 Å². The summed E-state index contributed by atoms with van der Waals surface area (Å²) in [5.74, 6) is -0.554. The van der Waals surface area contributed by atoms with Crippen LogP contribution in [0.5, 0.6) is 0 Å². The number of amides is 2. The van der Waals surface area contributed by atoms with E-state index in [1.807, 2.05) is 4.90 Å². The van der Waals surface area contributed by atoms with Crippen LogP contribution in [0.4, 0.5) is 5.69 Å². The first-order valence-electron chi connectivity index (χ1n) is 9.23. The highest BCUT2D eigenvalue weighted by atomic mass is 16.5. The van der Waals surface area contributed by atoms with Gasteiger partial charge in [0.05, 0.1) is 12.7 Å². The van der Waals surface area contributed by atoms with Crippen molar-refractivity contribution in [1.29, 1.82) is 0 Å². The molecular formula is C21H23N3O4. The Balaban J connectivity index is 1.74. The number of esters is 1. The van der Waals surface area contributed by atoms with Gasteiger partial charge in [0.2, 0.25) is 0 Å². The fraction of sp³-hybridized carbons (Fsp3) is 0.333. The van der Waals surface area contributed by atoms with E-state index in [0.29, 0.717) is 22.7 Å². The van der Waals surface area contributed by atoms with Gasteiger partial charge >= 0.3 is 5.97 Å². The predicted octanol–water partition coefficient (Wildman–Crippen LogP) is 2.99. The highest BCUT2D eigenvalue weighted by Crippen LogP contribution is 2.18. The lowest BCUT2D eigenvalue weighted by Crippen LogP contribution is -2.39. The minimum atomic E-state index is -0.488. The third-order valence-electron chi connectivity index (χ3n) is 4.73. The largest absolute Gasteiger partial charge is 0.465 e. The van der Waals surface area contributed by atoms with Gasteiger partial charge in [-0.2, -0.15) is 0 Å². The van der Waals surface area contributed by atoms with Gasteiger partial charge in [0, 0.05) is 30.5 Å². The van der Waals surface area contributed by atoms with Gasteiger partial charge in [0.25, 0.3) is 11.8 Å². The predicted molar refractivity (Wildman–Crippen MR) is 104 cm³/mol. The summed E-state index contributed by atoms with van der Waals surface area (Å²) >= 11 is 0. The molecule has 0 spiro atoms. The van der Waals surface area contributed by atoms with Crippen LogP contribution >= 0.6 is 0 Å². The van der Waals surface area contributed by atoms with Crippen molar-refractivity contribution in [2.24, 2.45) is 5.92 Å². The van der Waals surface area contributed by atoms with Crippen molar-refractivity contribution in [3.05, 3.63) is 59.4 Å². The molecule has 7 nitrogen and oxygen atoms in total. The fourth-order valence-corrected chi connectivity index (χ4v) is 3.28. The van der Waals surface area contributed by atoms with Gasteiger partial charge in [-0.1, -0.05) is 13.0 Å². The third kappa shape index (κ3) is 4.54. The molecule has 2 amide bonds. The van der Waals surface area contributed by atoms with Gasteiger partial charge in [-0.3, -0.25) is 14.6 Å². The van der Waals surface area contributed by atoms with Crippen LogP contribution in [0, 0.1) is 5.92 Å². The van der Waals surface area contributed by atoms with Crippen molar-refractivity contribution in [3.63, 3.8) is 0 Å². The molecule has 2 heterocycles. The molecule has 1 aromatic heterocycles. The maximum absolute atomic E-state index is 12.7. The summed E-state index contributed by atoms with van der Waals surface area (Å²) in [7, 11) is 1.29. The lowest BCUT2D eigenvalue weighted by molar-refractivity contribution is 0.0600. The summed E-state index contributed by atoms with van der Waals surface area (Å²) in [6.45, 7) is 3.59. The number of nitrogens with zero attached hydrogens (tertiary/aromatic N) is 2. The number of likely N-dealkylation sites (tertiary alicyclic amines) is 1. The number of pyridine rings is 1. The molecule has 0 aliphatic carbocycles. The molecule has 1 atom stereocenters. The monoisotopic (exact) mass is 381 g/mol. The first kappa shape index (κ1) is 19.5. The van der Waals surface area contributed by atoms with E-state index in [1.165, 1.54) is 25.4 Å². The smallest absolute Gasteiger partial charge is 0.337 e. The number of aromatic nitrogens is 1. The number of piperidine rings is 1. The Morgan fingerprint density at radius 1 is 1.18 bits per heavy atom. The van der Waals surface area contributed by atoms with Gasteiger partial charge in [-0.15, -0.1) is 0 Å². The zero-order chi connectivity index (χ0) is 20.1. The van der Waals surface area contributed by atoms with E-state index in [9.17, 15) is 14.4 Å². The summed E-state index contributed by atoms with van der Waals surface area (Å²) in [6.07, 6.45) is 3.57. The molecule has 1 aliphatic rings. The number of rotatable bonds is 4. The summed E-state index contributed by atoms with van der Waals surface area (Å²) in [5, 5.41) is 2.70. The molecule has 1 unspecified atom stereocenters. The van der Waals surface area contributed by atoms with E-state index in [0.717, 1.165) is 25.9 Å². The van der Waals surface area contributed by atoms with E-state index in [-0.39, 0.29) is 11.6 Å². The molecule has 28 heavy (non-hydrogen) atoms. The number of anilines is 1. The van der Waals surface area contributed by atoms with Crippen LogP contribution in [0.15, 0.2) is 42.6 Å². The number of hydrogen-bond acceptors (Lipinski definition) is 5. The third-order valence-corrected chi connectivity index (χ3v) is 4.73. The second kappa shape index (κ2) is 8.65. The highest BCUT2D eigenvalue weighted by molar-refractivity contribution is 6.05. The van der Waals surface area contributed by atoms with Crippen LogP contribution in [-0.4, -0.2) is 47.9 Å². The van der Waals surface area contributed by atoms with Crippen LogP contribution in [-0.2, 0) is 4.74 Å². The average molecular weight is 381 g/mol. The van der Waals surface area contributed by atoms with E-state index in [2.05, 4.69) is 22.0 Å². The SMILES string of the molecule is COC(=O)c1cccc(NC(=O)c2cc(C(=O)N3CCCC(C)C3)ccn2)c1. The molecule has 1 aliphatic heterocycles. The van der Waals surface area contributed by atoms with Crippen molar-refractivity contribution in [2.45, 2.75) is 19.8 Å². The summed E-state index contributed by atoms with van der Waals surface area (Å²) in [5.41, 5.74) is 1.35. The Kier molecular flexibility index (Phi) is 6.03. The molecule has 3 rings (SSSR count). The van der Waals surface area contributed by atoms with Gasteiger partial charge < -0.3 is 15.0 Å². The number of carbonyl (C=O) groups excluding carboxylic acids is 3.